The fraction of sp³-hybridized carbons (Fsp3) is 0.387. The first-order valence-corrected chi connectivity index (χ1v) is 14.3. The minimum Gasteiger partial charge on any atom is -0.491 e. The normalized spacial score (nSPS) is 16.4. The fourth-order valence-electron chi connectivity index (χ4n) is 5.17. The number of fused-ring (bicyclic) bond motifs is 1. The Morgan fingerprint density at radius 2 is 1.85 bits per heavy atom. The summed E-state index contributed by atoms with van der Waals surface area (Å²) in [5, 5.41) is 11.5. The summed E-state index contributed by atoms with van der Waals surface area (Å²) in [5.41, 5.74) is 3.28. The van der Waals surface area contributed by atoms with Gasteiger partial charge in [0.25, 0.3) is 0 Å². The third-order valence-corrected chi connectivity index (χ3v) is 7.86. The highest BCUT2D eigenvalue weighted by Gasteiger charge is 2.24. The summed E-state index contributed by atoms with van der Waals surface area (Å²) in [6, 6.07) is 15.0. The predicted octanol–water partition coefficient (Wildman–Crippen LogP) is 5.82. The van der Waals surface area contributed by atoms with Gasteiger partial charge in [-0.25, -0.2) is 9.97 Å². The maximum atomic E-state index is 12.3. The Balaban J connectivity index is 1.10. The highest BCUT2D eigenvalue weighted by Crippen LogP contribution is 2.35. The number of Topliss-reactive ketones (excluding diaryl/α,β-unsaturated/α-hetero) is 1. The number of carbonyl (C=O) groups excluding carboxylic acids is 1. The molecule has 0 radical (unpaired) electrons. The quantitative estimate of drug-likeness (QED) is 0.225. The van der Waals surface area contributed by atoms with Crippen molar-refractivity contribution in [3.05, 3.63) is 65.4 Å². The lowest BCUT2D eigenvalue weighted by molar-refractivity contribution is -0.118. The summed E-state index contributed by atoms with van der Waals surface area (Å²) in [7, 11) is 0. The third kappa shape index (κ3) is 6.63. The molecule has 1 aliphatic carbocycles. The van der Waals surface area contributed by atoms with Crippen molar-refractivity contribution in [2.75, 3.05) is 26.2 Å². The van der Waals surface area contributed by atoms with Crippen LogP contribution in [0.2, 0.25) is 5.02 Å². The van der Waals surface area contributed by atoms with Crippen LogP contribution in [0.3, 0.4) is 0 Å². The minimum absolute atomic E-state index is 0.227. The number of nitrogens with zero attached hydrogens (tertiary/aromatic N) is 3. The molecule has 1 aliphatic heterocycles. The Bertz CT molecular complexity index is 1480. The van der Waals surface area contributed by atoms with E-state index in [2.05, 4.69) is 19.9 Å². The van der Waals surface area contributed by atoms with Crippen molar-refractivity contribution in [1.29, 1.82) is 0 Å². The molecule has 4 aromatic rings. The number of ketones is 1. The average molecular weight is 561 g/mol. The van der Waals surface area contributed by atoms with Crippen LogP contribution in [-0.4, -0.2) is 63.1 Å². The molecule has 2 N–H and O–H groups in total. The van der Waals surface area contributed by atoms with Crippen LogP contribution in [0.25, 0.3) is 22.3 Å². The predicted molar refractivity (Wildman–Crippen MR) is 154 cm³/mol. The molecule has 0 bridgehead atoms. The average Bonchev–Trinajstić information content (AvgIpc) is 3.41. The van der Waals surface area contributed by atoms with Crippen LogP contribution in [0.15, 0.2) is 54.9 Å². The standard InChI is InChI=1S/C31H33ClN4O4/c32-28-15-26(10-7-22(28)14-23(37)13-20-3-4-20)40-31-27-16-29(35-30(27)33-19-34-31)21-5-8-25(9-6-21)39-18-24(38)17-36-11-1-2-12-36/h5-10,15-16,19-20,24,38H,1-4,11-14,17-18H2,(H,33,34,35)/t24-/m1/s1. The van der Waals surface area contributed by atoms with E-state index in [9.17, 15) is 9.90 Å². The van der Waals surface area contributed by atoms with Gasteiger partial charge in [0.05, 0.1) is 5.39 Å². The number of hydrogen-bond acceptors (Lipinski definition) is 7. The Morgan fingerprint density at radius 1 is 1.07 bits per heavy atom. The number of ether oxygens (including phenoxy) is 2. The summed E-state index contributed by atoms with van der Waals surface area (Å²) < 4.78 is 11.9. The molecule has 208 valence electrons. The van der Waals surface area contributed by atoms with Crippen molar-refractivity contribution in [3.8, 4) is 28.6 Å². The molecule has 9 heteroatoms. The molecule has 2 aromatic carbocycles. The van der Waals surface area contributed by atoms with Crippen molar-refractivity contribution in [2.45, 2.75) is 44.6 Å². The number of nitrogens with one attached hydrogen (secondary N) is 1. The van der Waals surface area contributed by atoms with Gasteiger partial charge in [0.1, 0.15) is 42.0 Å². The number of aliphatic hydroxyl groups is 1. The van der Waals surface area contributed by atoms with Crippen molar-refractivity contribution < 1.29 is 19.4 Å². The van der Waals surface area contributed by atoms with Crippen molar-refractivity contribution >= 4 is 28.4 Å². The molecule has 1 saturated carbocycles. The Labute approximate surface area is 238 Å². The zero-order chi connectivity index (χ0) is 27.5. The van der Waals surface area contributed by atoms with E-state index in [1.165, 1.54) is 19.2 Å². The number of likely N-dealkylation sites (tertiary alicyclic amines) is 1. The molecule has 1 saturated heterocycles. The van der Waals surface area contributed by atoms with Crippen molar-refractivity contribution in [2.24, 2.45) is 5.92 Å². The number of aliphatic hydroxyl groups excluding tert-OH is 1. The number of hydrogen-bond donors (Lipinski definition) is 2. The molecule has 40 heavy (non-hydrogen) atoms. The number of H-pyrrole nitrogens is 1. The topological polar surface area (TPSA) is 101 Å². The zero-order valence-corrected chi connectivity index (χ0v) is 23.1. The number of aromatic amines is 1. The van der Waals surface area contributed by atoms with Crippen LogP contribution < -0.4 is 9.47 Å². The molecule has 0 unspecified atom stereocenters. The number of β-amino-alcohol motifs (C(OH)–C–C–N with tert-alkyl or cyclic N) is 1. The zero-order valence-electron chi connectivity index (χ0n) is 22.3. The molecule has 0 amide bonds. The molecular weight excluding hydrogens is 528 g/mol. The lowest BCUT2D eigenvalue weighted by Gasteiger charge is -2.19. The largest absolute Gasteiger partial charge is 0.491 e. The van der Waals surface area contributed by atoms with Crippen molar-refractivity contribution in [1.82, 2.24) is 19.9 Å². The van der Waals surface area contributed by atoms with Gasteiger partial charge in [0, 0.05) is 30.1 Å². The summed E-state index contributed by atoms with van der Waals surface area (Å²) in [6.07, 6.45) is 6.64. The van der Waals surface area contributed by atoms with Crippen LogP contribution in [0.1, 0.15) is 37.7 Å². The molecule has 3 heterocycles. The van der Waals surface area contributed by atoms with Crippen molar-refractivity contribution in [3.63, 3.8) is 0 Å². The van der Waals surface area contributed by atoms with Gasteiger partial charge in [-0.3, -0.25) is 4.79 Å². The molecule has 2 aromatic heterocycles. The van der Waals surface area contributed by atoms with Gasteiger partial charge in [-0.1, -0.05) is 17.7 Å². The van der Waals surface area contributed by atoms with E-state index < -0.39 is 6.10 Å². The highest BCUT2D eigenvalue weighted by molar-refractivity contribution is 6.31. The Kier molecular flexibility index (Phi) is 8.00. The second-order valence-electron chi connectivity index (χ2n) is 10.8. The molecule has 2 aliphatic rings. The van der Waals surface area contributed by atoms with E-state index in [0.29, 0.717) is 53.4 Å². The van der Waals surface area contributed by atoms with E-state index in [1.54, 1.807) is 6.07 Å². The van der Waals surface area contributed by atoms with Gasteiger partial charge < -0.3 is 24.5 Å². The Hall–Kier alpha value is -3.46. The lowest BCUT2D eigenvalue weighted by atomic mass is 10.0. The van der Waals surface area contributed by atoms with E-state index in [0.717, 1.165) is 48.1 Å². The molecule has 0 spiro atoms. The van der Waals surface area contributed by atoms with E-state index >= 15 is 0 Å². The van der Waals surface area contributed by atoms with Crippen LogP contribution in [-0.2, 0) is 11.2 Å². The molecule has 8 nitrogen and oxygen atoms in total. The van der Waals surface area contributed by atoms with Gasteiger partial charge in [-0.05, 0) is 98.3 Å². The van der Waals surface area contributed by atoms with E-state index in [-0.39, 0.29) is 12.4 Å². The fourth-order valence-corrected chi connectivity index (χ4v) is 5.41. The third-order valence-electron chi connectivity index (χ3n) is 7.50. The number of aromatic nitrogens is 3. The second-order valence-corrected chi connectivity index (χ2v) is 11.2. The number of halogens is 1. The number of carbonyl (C=O) groups is 1. The van der Waals surface area contributed by atoms with Gasteiger partial charge in [0.15, 0.2) is 0 Å². The lowest BCUT2D eigenvalue weighted by Crippen LogP contribution is -2.33. The smallest absolute Gasteiger partial charge is 0.231 e. The van der Waals surface area contributed by atoms with Gasteiger partial charge in [-0.15, -0.1) is 0 Å². The first kappa shape index (κ1) is 26.7. The maximum Gasteiger partial charge on any atom is 0.231 e. The number of rotatable bonds is 12. The summed E-state index contributed by atoms with van der Waals surface area (Å²) in [5.74, 6) is 2.45. The first-order valence-electron chi connectivity index (χ1n) is 14.0. The van der Waals surface area contributed by atoms with Gasteiger partial charge in [-0.2, -0.15) is 0 Å². The SMILES string of the molecule is O=C(Cc1ccc(Oc2ncnc3[nH]c(-c4ccc(OC[C@H](O)CN5CCCC5)cc4)cc23)cc1Cl)CC1CC1. The second kappa shape index (κ2) is 12.0. The van der Waals surface area contributed by atoms with Crippen LogP contribution in [0.4, 0.5) is 0 Å². The minimum atomic E-state index is -0.510. The highest BCUT2D eigenvalue weighted by atomic mass is 35.5. The van der Waals surface area contributed by atoms with E-state index in [1.807, 2.05) is 42.5 Å². The summed E-state index contributed by atoms with van der Waals surface area (Å²) >= 11 is 6.49. The Morgan fingerprint density at radius 3 is 2.60 bits per heavy atom. The monoisotopic (exact) mass is 560 g/mol. The summed E-state index contributed by atoms with van der Waals surface area (Å²) in [4.78, 5) is 26.6. The van der Waals surface area contributed by atoms with Gasteiger partial charge in [0.2, 0.25) is 5.88 Å². The molecule has 6 rings (SSSR count). The van der Waals surface area contributed by atoms with Crippen LogP contribution >= 0.6 is 11.6 Å². The molecular formula is C31H33ClN4O4. The molecule has 1 atom stereocenters. The van der Waals surface area contributed by atoms with Gasteiger partial charge >= 0.3 is 0 Å². The van der Waals surface area contributed by atoms with Crippen LogP contribution in [0, 0.1) is 5.92 Å². The van der Waals surface area contributed by atoms with Crippen LogP contribution in [0.5, 0.6) is 17.4 Å². The van der Waals surface area contributed by atoms with E-state index in [4.69, 9.17) is 21.1 Å². The summed E-state index contributed by atoms with van der Waals surface area (Å²) in [6.45, 7) is 3.01. The molecule has 2 fully saturated rings. The first-order chi connectivity index (χ1) is 19.5. The maximum absolute atomic E-state index is 12.3. The number of benzene rings is 2.